The van der Waals surface area contributed by atoms with Gasteiger partial charge in [-0.1, -0.05) is 33.6 Å². The van der Waals surface area contributed by atoms with E-state index >= 15 is 0 Å². The van der Waals surface area contributed by atoms with Gasteiger partial charge in [0.1, 0.15) is 5.82 Å². The summed E-state index contributed by atoms with van der Waals surface area (Å²) >= 11 is 0. The summed E-state index contributed by atoms with van der Waals surface area (Å²) in [5, 5.41) is 3.45. The number of rotatable bonds is 8. The molecule has 0 bridgehead atoms. The van der Waals surface area contributed by atoms with Crippen LogP contribution in [0.2, 0.25) is 0 Å². The molecule has 1 aromatic heterocycles. The second-order valence-corrected chi connectivity index (χ2v) is 4.77. The van der Waals surface area contributed by atoms with Gasteiger partial charge in [0.05, 0.1) is 5.69 Å². The molecule has 0 saturated heterocycles. The first-order valence-corrected chi connectivity index (χ1v) is 6.94. The molecule has 3 nitrogen and oxygen atoms in total. The Morgan fingerprint density at radius 2 is 2.00 bits per heavy atom. The highest BCUT2D eigenvalue weighted by molar-refractivity contribution is 5.04. The number of imidazole rings is 1. The van der Waals surface area contributed by atoms with Crippen molar-refractivity contribution in [1.29, 1.82) is 0 Å². The van der Waals surface area contributed by atoms with Gasteiger partial charge in [-0.05, 0) is 25.8 Å². The molecule has 0 aliphatic heterocycles. The summed E-state index contributed by atoms with van der Waals surface area (Å²) in [6, 6.07) is 0. The van der Waals surface area contributed by atoms with Gasteiger partial charge >= 0.3 is 0 Å². The molecule has 0 amide bonds. The maximum absolute atomic E-state index is 4.44. The van der Waals surface area contributed by atoms with Gasteiger partial charge in [0, 0.05) is 19.3 Å². The van der Waals surface area contributed by atoms with Crippen LogP contribution >= 0.6 is 0 Å². The van der Waals surface area contributed by atoms with Crippen molar-refractivity contribution in [3.05, 3.63) is 17.7 Å². The zero-order valence-electron chi connectivity index (χ0n) is 11.8. The molecule has 0 fully saturated rings. The molecule has 0 aromatic carbocycles. The van der Waals surface area contributed by atoms with Gasteiger partial charge in [0.15, 0.2) is 0 Å². The lowest BCUT2D eigenvalue weighted by Gasteiger charge is -2.17. The van der Waals surface area contributed by atoms with Gasteiger partial charge in [0.2, 0.25) is 0 Å². The van der Waals surface area contributed by atoms with E-state index in [-0.39, 0.29) is 0 Å². The predicted octanol–water partition coefficient (Wildman–Crippen LogP) is 3.13. The van der Waals surface area contributed by atoms with Crippen LogP contribution in [0.15, 0.2) is 6.20 Å². The number of aromatic nitrogens is 2. The number of nitrogens with one attached hydrogen (secondary N) is 1. The van der Waals surface area contributed by atoms with Gasteiger partial charge in [0.25, 0.3) is 0 Å². The van der Waals surface area contributed by atoms with E-state index in [9.17, 15) is 0 Å². The van der Waals surface area contributed by atoms with E-state index in [1.54, 1.807) is 0 Å². The highest BCUT2D eigenvalue weighted by atomic mass is 15.1. The van der Waals surface area contributed by atoms with Crippen LogP contribution in [-0.2, 0) is 13.1 Å². The van der Waals surface area contributed by atoms with E-state index in [1.165, 1.54) is 25.0 Å². The SMILES string of the molecule is CCCNCc1cnc(C)n1CC(CC)CC. The molecule has 0 aliphatic rings. The topological polar surface area (TPSA) is 29.9 Å². The predicted molar refractivity (Wildman–Crippen MR) is 73.0 cm³/mol. The third-order valence-electron chi connectivity index (χ3n) is 3.47. The Hall–Kier alpha value is -0.830. The Labute approximate surface area is 106 Å². The number of aryl methyl sites for hydroxylation is 1. The van der Waals surface area contributed by atoms with Gasteiger partial charge in [-0.3, -0.25) is 0 Å². The summed E-state index contributed by atoms with van der Waals surface area (Å²) in [5.41, 5.74) is 1.32. The first-order chi connectivity index (χ1) is 8.22. The van der Waals surface area contributed by atoms with Crippen molar-refractivity contribution in [3.8, 4) is 0 Å². The molecule has 0 spiro atoms. The van der Waals surface area contributed by atoms with Crippen LogP contribution in [0.25, 0.3) is 0 Å². The fraction of sp³-hybridized carbons (Fsp3) is 0.786. The lowest BCUT2D eigenvalue weighted by atomic mass is 10.0. The molecule has 3 heteroatoms. The van der Waals surface area contributed by atoms with Gasteiger partial charge in [-0.25, -0.2) is 4.98 Å². The van der Waals surface area contributed by atoms with E-state index in [4.69, 9.17) is 0 Å². The van der Waals surface area contributed by atoms with E-state index in [0.717, 1.165) is 31.4 Å². The normalized spacial score (nSPS) is 11.4. The third-order valence-corrected chi connectivity index (χ3v) is 3.47. The third kappa shape index (κ3) is 4.15. The largest absolute Gasteiger partial charge is 0.331 e. The molecule has 0 unspecified atom stereocenters. The van der Waals surface area contributed by atoms with Crippen molar-refractivity contribution in [1.82, 2.24) is 14.9 Å². The first kappa shape index (κ1) is 14.2. The average Bonchev–Trinajstić information content (AvgIpc) is 2.68. The number of hydrogen-bond acceptors (Lipinski definition) is 2. The molecule has 1 aromatic rings. The zero-order chi connectivity index (χ0) is 12.7. The summed E-state index contributed by atoms with van der Waals surface area (Å²) in [6.45, 7) is 12.0. The van der Waals surface area contributed by atoms with Crippen LogP contribution < -0.4 is 5.32 Å². The van der Waals surface area contributed by atoms with Gasteiger partial charge in [-0.2, -0.15) is 0 Å². The van der Waals surface area contributed by atoms with Crippen molar-refractivity contribution < 1.29 is 0 Å². The molecular formula is C14H27N3. The van der Waals surface area contributed by atoms with Crippen LogP contribution in [0, 0.1) is 12.8 Å². The zero-order valence-corrected chi connectivity index (χ0v) is 11.8. The standard InChI is InChI=1S/C14H27N3/c1-5-8-15-9-14-10-16-12(4)17(14)11-13(6-2)7-3/h10,13,15H,5-9,11H2,1-4H3. The number of nitrogens with zero attached hydrogens (tertiary/aromatic N) is 2. The minimum atomic E-state index is 0.771. The summed E-state index contributed by atoms with van der Waals surface area (Å²) < 4.78 is 2.38. The summed E-state index contributed by atoms with van der Waals surface area (Å²) in [6.07, 6.45) is 5.69. The highest BCUT2D eigenvalue weighted by Gasteiger charge is 2.10. The second-order valence-electron chi connectivity index (χ2n) is 4.77. The monoisotopic (exact) mass is 237 g/mol. The van der Waals surface area contributed by atoms with Crippen LogP contribution in [-0.4, -0.2) is 16.1 Å². The molecule has 0 atom stereocenters. The maximum Gasteiger partial charge on any atom is 0.105 e. The summed E-state index contributed by atoms with van der Waals surface area (Å²) in [7, 11) is 0. The van der Waals surface area contributed by atoms with Crippen molar-refractivity contribution in [2.75, 3.05) is 6.54 Å². The molecular weight excluding hydrogens is 210 g/mol. The van der Waals surface area contributed by atoms with Gasteiger partial charge < -0.3 is 9.88 Å². The average molecular weight is 237 g/mol. The Bertz CT molecular complexity index is 313. The quantitative estimate of drug-likeness (QED) is 0.704. The van der Waals surface area contributed by atoms with E-state index in [2.05, 4.69) is 42.6 Å². The van der Waals surface area contributed by atoms with Crippen molar-refractivity contribution in [2.24, 2.45) is 5.92 Å². The molecule has 17 heavy (non-hydrogen) atoms. The Morgan fingerprint density at radius 3 is 2.59 bits per heavy atom. The lowest BCUT2D eigenvalue weighted by Crippen LogP contribution is -2.19. The van der Waals surface area contributed by atoms with Crippen LogP contribution in [0.4, 0.5) is 0 Å². The molecule has 0 saturated carbocycles. The Kier molecular flexibility index (Phi) is 6.27. The van der Waals surface area contributed by atoms with E-state index in [1.807, 2.05) is 6.20 Å². The summed E-state index contributed by atoms with van der Waals surface area (Å²) in [4.78, 5) is 4.44. The number of hydrogen-bond donors (Lipinski definition) is 1. The lowest BCUT2D eigenvalue weighted by molar-refractivity contribution is 0.404. The molecule has 1 N–H and O–H groups in total. The van der Waals surface area contributed by atoms with Crippen LogP contribution in [0.5, 0.6) is 0 Å². The second kappa shape index (κ2) is 7.49. The fourth-order valence-electron chi connectivity index (χ4n) is 2.10. The Balaban J connectivity index is 2.65. The van der Waals surface area contributed by atoms with Gasteiger partial charge in [-0.15, -0.1) is 0 Å². The summed E-state index contributed by atoms with van der Waals surface area (Å²) in [5.74, 6) is 1.91. The van der Waals surface area contributed by atoms with Crippen LogP contribution in [0.3, 0.4) is 0 Å². The first-order valence-electron chi connectivity index (χ1n) is 6.94. The molecule has 1 rings (SSSR count). The minimum Gasteiger partial charge on any atom is -0.331 e. The minimum absolute atomic E-state index is 0.771. The molecule has 98 valence electrons. The molecule has 0 aliphatic carbocycles. The van der Waals surface area contributed by atoms with E-state index < -0.39 is 0 Å². The van der Waals surface area contributed by atoms with E-state index in [0.29, 0.717) is 0 Å². The maximum atomic E-state index is 4.44. The van der Waals surface area contributed by atoms with Crippen LogP contribution in [0.1, 0.15) is 51.6 Å². The smallest absolute Gasteiger partial charge is 0.105 e. The Morgan fingerprint density at radius 1 is 1.29 bits per heavy atom. The highest BCUT2D eigenvalue weighted by Crippen LogP contribution is 2.14. The molecule has 1 heterocycles. The molecule has 0 radical (unpaired) electrons. The van der Waals surface area contributed by atoms with Crippen molar-refractivity contribution in [2.45, 2.75) is 60.0 Å². The van der Waals surface area contributed by atoms with Crippen molar-refractivity contribution in [3.63, 3.8) is 0 Å². The van der Waals surface area contributed by atoms with Crippen molar-refractivity contribution >= 4 is 0 Å². The fourth-order valence-corrected chi connectivity index (χ4v) is 2.10.